The van der Waals surface area contributed by atoms with Gasteiger partial charge in [0.15, 0.2) is 0 Å². The number of rotatable bonds is 3. The first kappa shape index (κ1) is 37.1. The van der Waals surface area contributed by atoms with E-state index >= 15 is 0 Å². The van der Waals surface area contributed by atoms with Gasteiger partial charge in [0.05, 0.1) is 0 Å². The van der Waals surface area contributed by atoms with E-state index in [1.54, 1.807) is 0 Å². The molecule has 2 nitrogen and oxygen atoms in total. The molecule has 0 saturated carbocycles. The number of aromatic nitrogens is 2. The summed E-state index contributed by atoms with van der Waals surface area (Å²) in [7, 11) is 0. The Morgan fingerprint density at radius 2 is 1.15 bits per heavy atom. The zero-order valence-corrected chi connectivity index (χ0v) is 33.8. The third kappa shape index (κ3) is 7.31. The summed E-state index contributed by atoms with van der Waals surface area (Å²) in [6.07, 6.45) is 3.81. The zero-order valence-electron chi connectivity index (χ0n) is 31.4. The van der Waals surface area contributed by atoms with E-state index in [9.17, 15) is 0 Å². The molecule has 0 bridgehead atoms. The molecule has 0 amide bonds. The van der Waals surface area contributed by atoms with E-state index in [0.29, 0.717) is 0 Å². The monoisotopic (exact) mass is 855 g/mol. The number of nitrogens with zero attached hydrogens (tertiary/aromatic N) is 2. The summed E-state index contributed by atoms with van der Waals surface area (Å²) in [6, 6.07) is 49.8. The van der Waals surface area contributed by atoms with E-state index in [-0.39, 0.29) is 36.4 Å². The quantitative estimate of drug-likeness (QED) is 0.166. The number of hydrogen-bond acceptors (Lipinski definition) is 2. The molecule has 1 radical (unpaired) electrons. The first-order chi connectivity index (χ1) is 24.3. The SMILES string of the molecule is CC(C)(C)c1ccnc(-c2[c-]cc3c(c2)-c2ccc4ccccc4c2C3(C)C)c1.CC(C)(C)c1ccnc(-c2[c-]ccc(-c3ccccc3)c2)c1.[Ir]. The molecule has 2 heterocycles. The van der Waals surface area contributed by atoms with Crippen LogP contribution in [-0.4, -0.2) is 9.97 Å². The van der Waals surface area contributed by atoms with Crippen LogP contribution in [0, 0.1) is 12.1 Å². The van der Waals surface area contributed by atoms with Gasteiger partial charge in [-0.1, -0.05) is 140 Å². The molecule has 0 unspecified atom stereocenters. The Morgan fingerprint density at radius 1 is 0.558 bits per heavy atom. The summed E-state index contributed by atoms with van der Waals surface area (Å²) < 4.78 is 0. The Labute approximate surface area is 323 Å². The minimum atomic E-state index is -0.0404. The standard InChI is InChI=1S/C28H26N.C21H20N.Ir/c1-27(2,3)20-14-15-29-25(17-20)19-11-13-24-23(16-19)22-12-10-18-8-6-7-9-21(18)26(22)28(24,4)5;1-21(2,3)19-12-13-22-20(15-19)18-11-7-10-17(14-18)16-8-5-4-6-9-16;/h6-10,12-17H,1-5H3;4-10,12-15H,1-3H3;/q2*-1;. The molecule has 0 atom stereocenters. The van der Waals surface area contributed by atoms with Crippen molar-refractivity contribution in [3.8, 4) is 44.8 Å². The summed E-state index contributed by atoms with van der Waals surface area (Å²) >= 11 is 0. The van der Waals surface area contributed by atoms with Crippen LogP contribution in [0.2, 0.25) is 0 Å². The Kier molecular flexibility index (Phi) is 10.3. The van der Waals surface area contributed by atoms with Gasteiger partial charge < -0.3 is 9.97 Å². The summed E-state index contributed by atoms with van der Waals surface area (Å²) in [5, 5.41) is 2.65. The van der Waals surface area contributed by atoms with E-state index < -0.39 is 0 Å². The van der Waals surface area contributed by atoms with E-state index in [1.165, 1.54) is 55.3 Å². The van der Waals surface area contributed by atoms with Crippen LogP contribution in [0.1, 0.15) is 77.6 Å². The molecule has 52 heavy (non-hydrogen) atoms. The third-order valence-corrected chi connectivity index (χ3v) is 10.2. The second-order valence-electron chi connectivity index (χ2n) is 16.2. The summed E-state index contributed by atoms with van der Waals surface area (Å²) in [5.41, 5.74) is 14.7. The second-order valence-corrected chi connectivity index (χ2v) is 16.2. The molecule has 1 aliphatic carbocycles. The molecular formula is C49H46IrN2-2. The Morgan fingerprint density at radius 3 is 1.79 bits per heavy atom. The van der Waals surface area contributed by atoms with Crippen LogP contribution < -0.4 is 0 Å². The predicted octanol–water partition coefficient (Wildman–Crippen LogP) is 12.8. The minimum Gasteiger partial charge on any atom is -0.305 e. The van der Waals surface area contributed by atoms with Gasteiger partial charge in [0.25, 0.3) is 0 Å². The van der Waals surface area contributed by atoms with Gasteiger partial charge in [-0.2, -0.15) is 0 Å². The fraction of sp³-hybridized carbons (Fsp3) is 0.224. The van der Waals surface area contributed by atoms with Gasteiger partial charge in [0.1, 0.15) is 0 Å². The topological polar surface area (TPSA) is 25.8 Å². The molecule has 0 aliphatic heterocycles. The minimum absolute atomic E-state index is 0. The summed E-state index contributed by atoms with van der Waals surface area (Å²) in [4.78, 5) is 9.19. The van der Waals surface area contributed by atoms with Crippen LogP contribution in [0.15, 0.2) is 134 Å². The average molecular weight is 855 g/mol. The van der Waals surface area contributed by atoms with Gasteiger partial charge in [0.2, 0.25) is 0 Å². The van der Waals surface area contributed by atoms with Gasteiger partial charge in [-0.25, -0.2) is 0 Å². The maximum Gasteiger partial charge on any atom is 0.0163 e. The fourth-order valence-electron chi connectivity index (χ4n) is 7.20. The van der Waals surface area contributed by atoms with Crippen molar-refractivity contribution in [1.29, 1.82) is 0 Å². The first-order valence-electron chi connectivity index (χ1n) is 17.9. The van der Waals surface area contributed by atoms with Crippen molar-refractivity contribution in [2.45, 2.75) is 71.6 Å². The largest absolute Gasteiger partial charge is 0.305 e. The van der Waals surface area contributed by atoms with Gasteiger partial charge in [-0.3, -0.25) is 0 Å². The number of benzene rings is 5. The van der Waals surface area contributed by atoms with Crippen molar-refractivity contribution in [2.24, 2.45) is 0 Å². The maximum absolute atomic E-state index is 4.66. The summed E-state index contributed by atoms with van der Waals surface area (Å²) in [5.74, 6) is 0. The van der Waals surface area contributed by atoms with Crippen LogP contribution in [-0.2, 0) is 36.4 Å². The maximum atomic E-state index is 4.66. The van der Waals surface area contributed by atoms with Crippen LogP contribution in [0.4, 0.5) is 0 Å². The van der Waals surface area contributed by atoms with E-state index in [2.05, 4.69) is 187 Å². The first-order valence-corrected chi connectivity index (χ1v) is 17.9. The number of fused-ring (bicyclic) bond motifs is 5. The van der Waals surface area contributed by atoms with E-state index in [1.807, 2.05) is 24.5 Å². The Balaban J connectivity index is 0.000000182. The van der Waals surface area contributed by atoms with Crippen molar-refractivity contribution >= 4 is 10.8 Å². The van der Waals surface area contributed by atoms with Crippen LogP contribution >= 0.6 is 0 Å². The van der Waals surface area contributed by atoms with Crippen LogP contribution in [0.5, 0.6) is 0 Å². The number of hydrogen-bond donors (Lipinski definition) is 0. The van der Waals surface area contributed by atoms with Gasteiger partial charge >= 0.3 is 0 Å². The normalized spacial score (nSPS) is 13.0. The second kappa shape index (κ2) is 14.4. The molecule has 0 N–H and O–H groups in total. The van der Waals surface area contributed by atoms with Crippen LogP contribution in [0.3, 0.4) is 0 Å². The van der Waals surface area contributed by atoms with Crippen molar-refractivity contribution in [3.63, 3.8) is 0 Å². The molecule has 0 saturated heterocycles. The predicted molar refractivity (Wildman–Crippen MR) is 215 cm³/mol. The van der Waals surface area contributed by atoms with E-state index in [4.69, 9.17) is 0 Å². The molecule has 2 aromatic heterocycles. The molecule has 7 aromatic rings. The van der Waals surface area contributed by atoms with Gasteiger partial charge in [-0.05, 0) is 78.4 Å². The molecule has 263 valence electrons. The molecule has 0 spiro atoms. The van der Waals surface area contributed by atoms with Gasteiger partial charge in [-0.15, -0.1) is 64.7 Å². The zero-order chi connectivity index (χ0) is 36.0. The van der Waals surface area contributed by atoms with Crippen molar-refractivity contribution < 1.29 is 20.1 Å². The van der Waals surface area contributed by atoms with Crippen LogP contribution in [0.25, 0.3) is 55.5 Å². The molecule has 0 fully saturated rings. The Bertz CT molecular complexity index is 2360. The molecule has 1 aliphatic rings. The fourth-order valence-corrected chi connectivity index (χ4v) is 7.20. The smallest absolute Gasteiger partial charge is 0.0163 e. The van der Waals surface area contributed by atoms with Crippen molar-refractivity contribution in [3.05, 3.63) is 168 Å². The molecule has 8 rings (SSSR count). The van der Waals surface area contributed by atoms with Crippen molar-refractivity contribution in [1.82, 2.24) is 9.97 Å². The number of pyridine rings is 2. The van der Waals surface area contributed by atoms with E-state index in [0.717, 1.165) is 22.5 Å². The van der Waals surface area contributed by atoms with Gasteiger partial charge in [0, 0.05) is 32.5 Å². The summed E-state index contributed by atoms with van der Waals surface area (Å²) in [6.45, 7) is 18.0. The average Bonchev–Trinajstić information content (AvgIpc) is 3.37. The third-order valence-electron chi connectivity index (χ3n) is 10.2. The Hall–Kier alpha value is -4.69. The molecule has 5 aromatic carbocycles. The molecule has 3 heteroatoms. The van der Waals surface area contributed by atoms with Crippen molar-refractivity contribution in [2.75, 3.05) is 0 Å². The molecular weight excluding hydrogens is 809 g/mol.